The second-order valence-electron chi connectivity index (χ2n) is 5.88. The van der Waals surface area contributed by atoms with E-state index in [0.717, 1.165) is 35.5 Å². The van der Waals surface area contributed by atoms with Crippen LogP contribution in [0.3, 0.4) is 0 Å². The predicted molar refractivity (Wildman–Crippen MR) is 96.9 cm³/mol. The summed E-state index contributed by atoms with van der Waals surface area (Å²) < 4.78 is 0. The van der Waals surface area contributed by atoms with Crippen molar-refractivity contribution in [3.05, 3.63) is 65.7 Å². The number of nitrogens with one attached hydrogen (secondary N) is 1. The van der Waals surface area contributed by atoms with Crippen molar-refractivity contribution in [3.8, 4) is 0 Å². The van der Waals surface area contributed by atoms with Gasteiger partial charge in [-0.3, -0.25) is 9.59 Å². The van der Waals surface area contributed by atoms with Gasteiger partial charge in [0.1, 0.15) is 0 Å². The molecule has 24 heavy (non-hydrogen) atoms. The molecule has 4 heteroatoms. The van der Waals surface area contributed by atoms with Crippen molar-refractivity contribution in [3.63, 3.8) is 0 Å². The molecular formula is C20H20N2O2. The summed E-state index contributed by atoms with van der Waals surface area (Å²) in [6.07, 6.45) is 4.83. The highest BCUT2D eigenvalue weighted by Gasteiger charge is 2.21. The normalized spacial score (nSPS) is 14.4. The van der Waals surface area contributed by atoms with E-state index in [9.17, 15) is 9.59 Å². The standard InChI is InChI=1S/C20H20N2O2/c1-15-5-2-3-6-18(15)21-19(23)13-10-16-8-11-17(12-9-16)22-14-4-7-20(22)24/h2-3,5-6,8-13H,4,7,14H2,1H3,(H,21,23). The summed E-state index contributed by atoms with van der Waals surface area (Å²) in [5.41, 5.74) is 3.68. The Balaban J connectivity index is 1.63. The fourth-order valence-corrected chi connectivity index (χ4v) is 2.75. The van der Waals surface area contributed by atoms with Gasteiger partial charge in [-0.05, 0) is 48.7 Å². The van der Waals surface area contributed by atoms with Crippen LogP contribution >= 0.6 is 0 Å². The van der Waals surface area contributed by atoms with Crippen molar-refractivity contribution in [1.29, 1.82) is 0 Å². The van der Waals surface area contributed by atoms with Crippen molar-refractivity contribution in [2.24, 2.45) is 0 Å². The molecule has 1 fully saturated rings. The molecule has 3 rings (SSSR count). The van der Waals surface area contributed by atoms with E-state index in [1.54, 1.807) is 11.0 Å². The smallest absolute Gasteiger partial charge is 0.248 e. The summed E-state index contributed by atoms with van der Waals surface area (Å²) in [6, 6.07) is 15.3. The number of hydrogen-bond donors (Lipinski definition) is 1. The van der Waals surface area contributed by atoms with Crippen molar-refractivity contribution in [1.82, 2.24) is 0 Å². The fraction of sp³-hybridized carbons (Fsp3) is 0.200. The molecule has 1 aliphatic rings. The molecule has 0 atom stereocenters. The summed E-state index contributed by atoms with van der Waals surface area (Å²) in [4.78, 5) is 25.5. The Hall–Kier alpha value is -2.88. The Morgan fingerprint density at radius 3 is 2.54 bits per heavy atom. The average molecular weight is 320 g/mol. The average Bonchev–Trinajstić information content (AvgIpc) is 3.02. The Morgan fingerprint density at radius 2 is 1.88 bits per heavy atom. The lowest BCUT2D eigenvalue weighted by Crippen LogP contribution is -2.23. The molecule has 2 aromatic carbocycles. The molecule has 1 aliphatic heterocycles. The largest absolute Gasteiger partial charge is 0.322 e. The Kier molecular flexibility index (Phi) is 4.75. The molecule has 1 heterocycles. The maximum atomic E-state index is 12.0. The van der Waals surface area contributed by atoms with Gasteiger partial charge in [-0.25, -0.2) is 0 Å². The number of rotatable bonds is 4. The van der Waals surface area contributed by atoms with Crippen molar-refractivity contribution >= 4 is 29.3 Å². The molecule has 0 radical (unpaired) electrons. The highest BCUT2D eigenvalue weighted by atomic mass is 16.2. The van der Waals surface area contributed by atoms with Gasteiger partial charge in [0.25, 0.3) is 0 Å². The van der Waals surface area contributed by atoms with Gasteiger partial charge in [0.2, 0.25) is 11.8 Å². The van der Waals surface area contributed by atoms with Crippen LogP contribution < -0.4 is 10.2 Å². The molecule has 122 valence electrons. The van der Waals surface area contributed by atoms with E-state index in [4.69, 9.17) is 0 Å². The van der Waals surface area contributed by atoms with Crippen LogP contribution in [-0.4, -0.2) is 18.4 Å². The van der Waals surface area contributed by atoms with Crippen LogP contribution in [0.15, 0.2) is 54.6 Å². The van der Waals surface area contributed by atoms with E-state index in [1.165, 1.54) is 6.08 Å². The third-order valence-electron chi connectivity index (χ3n) is 4.11. The lowest BCUT2D eigenvalue weighted by molar-refractivity contribution is -0.117. The fourth-order valence-electron chi connectivity index (χ4n) is 2.75. The van der Waals surface area contributed by atoms with Crippen LogP contribution in [-0.2, 0) is 9.59 Å². The molecule has 0 spiro atoms. The zero-order valence-electron chi connectivity index (χ0n) is 13.7. The van der Waals surface area contributed by atoms with Crippen LogP contribution in [0.5, 0.6) is 0 Å². The van der Waals surface area contributed by atoms with Gasteiger partial charge in [0.15, 0.2) is 0 Å². The minimum Gasteiger partial charge on any atom is -0.322 e. The minimum absolute atomic E-state index is 0.164. The van der Waals surface area contributed by atoms with Crippen LogP contribution in [0.4, 0.5) is 11.4 Å². The van der Waals surface area contributed by atoms with Gasteiger partial charge < -0.3 is 10.2 Å². The van der Waals surface area contributed by atoms with Crippen LogP contribution in [0.2, 0.25) is 0 Å². The summed E-state index contributed by atoms with van der Waals surface area (Å²) in [6.45, 7) is 2.74. The van der Waals surface area contributed by atoms with Crippen molar-refractivity contribution < 1.29 is 9.59 Å². The molecule has 0 unspecified atom stereocenters. The van der Waals surface area contributed by atoms with Crippen LogP contribution in [0.1, 0.15) is 24.0 Å². The first kappa shape index (κ1) is 16.0. The van der Waals surface area contributed by atoms with Gasteiger partial charge >= 0.3 is 0 Å². The zero-order chi connectivity index (χ0) is 16.9. The molecule has 0 aliphatic carbocycles. The molecule has 2 amide bonds. The molecule has 0 aromatic heterocycles. The minimum atomic E-state index is -0.164. The van der Waals surface area contributed by atoms with E-state index in [-0.39, 0.29) is 11.8 Å². The van der Waals surface area contributed by atoms with Gasteiger partial charge in [-0.2, -0.15) is 0 Å². The first-order valence-electron chi connectivity index (χ1n) is 8.08. The SMILES string of the molecule is Cc1ccccc1NC(=O)C=Cc1ccc(N2CCCC2=O)cc1. The number of amides is 2. The third kappa shape index (κ3) is 3.71. The second-order valence-corrected chi connectivity index (χ2v) is 5.88. The number of nitrogens with zero attached hydrogens (tertiary/aromatic N) is 1. The number of aryl methyl sites for hydroxylation is 1. The van der Waals surface area contributed by atoms with Crippen LogP contribution in [0, 0.1) is 6.92 Å². The Labute approximate surface area is 141 Å². The van der Waals surface area contributed by atoms with Crippen molar-refractivity contribution in [2.45, 2.75) is 19.8 Å². The van der Waals surface area contributed by atoms with E-state index in [1.807, 2.05) is 55.5 Å². The highest BCUT2D eigenvalue weighted by molar-refractivity contribution is 6.02. The van der Waals surface area contributed by atoms with Gasteiger partial charge in [0, 0.05) is 30.4 Å². The molecule has 1 N–H and O–H groups in total. The molecule has 0 saturated carbocycles. The topological polar surface area (TPSA) is 49.4 Å². The summed E-state index contributed by atoms with van der Waals surface area (Å²) in [7, 11) is 0. The van der Waals surface area contributed by atoms with E-state index in [0.29, 0.717) is 6.42 Å². The quantitative estimate of drug-likeness (QED) is 0.872. The lowest BCUT2D eigenvalue weighted by Gasteiger charge is -2.15. The summed E-state index contributed by atoms with van der Waals surface area (Å²) >= 11 is 0. The zero-order valence-corrected chi connectivity index (χ0v) is 13.7. The van der Waals surface area contributed by atoms with Gasteiger partial charge in [-0.1, -0.05) is 30.3 Å². The third-order valence-corrected chi connectivity index (χ3v) is 4.11. The lowest BCUT2D eigenvalue weighted by atomic mass is 10.1. The highest BCUT2D eigenvalue weighted by Crippen LogP contribution is 2.22. The maximum absolute atomic E-state index is 12.0. The molecule has 2 aromatic rings. The number of carbonyl (C=O) groups excluding carboxylic acids is 2. The molecule has 0 bridgehead atoms. The summed E-state index contributed by atoms with van der Waals surface area (Å²) in [5, 5.41) is 2.86. The second kappa shape index (κ2) is 7.13. The van der Waals surface area contributed by atoms with Gasteiger partial charge in [0.05, 0.1) is 0 Å². The van der Waals surface area contributed by atoms with E-state index >= 15 is 0 Å². The number of benzene rings is 2. The first-order valence-corrected chi connectivity index (χ1v) is 8.08. The van der Waals surface area contributed by atoms with Crippen molar-refractivity contribution in [2.75, 3.05) is 16.8 Å². The monoisotopic (exact) mass is 320 g/mol. The first-order chi connectivity index (χ1) is 11.6. The summed E-state index contributed by atoms with van der Waals surface area (Å²) in [5.74, 6) is 0.0130. The molecule has 1 saturated heterocycles. The van der Waals surface area contributed by atoms with Crippen LogP contribution in [0.25, 0.3) is 6.08 Å². The Bertz CT molecular complexity index is 778. The number of hydrogen-bond acceptors (Lipinski definition) is 2. The molecule has 4 nitrogen and oxygen atoms in total. The predicted octanol–water partition coefficient (Wildman–Crippen LogP) is 3.77. The number of carbonyl (C=O) groups is 2. The number of para-hydroxylation sites is 1. The van der Waals surface area contributed by atoms with E-state index < -0.39 is 0 Å². The molecular weight excluding hydrogens is 300 g/mol. The number of anilines is 2. The van der Waals surface area contributed by atoms with E-state index in [2.05, 4.69) is 5.32 Å². The van der Waals surface area contributed by atoms with Gasteiger partial charge in [-0.15, -0.1) is 0 Å². The maximum Gasteiger partial charge on any atom is 0.248 e. The Morgan fingerprint density at radius 1 is 1.12 bits per heavy atom.